The first-order chi connectivity index (χ1) is 9.71. The summed E-state index contributed by atoms with van der Waals surface area (Å²) in [5, 5.41) is 20.4. The lowest BCUT2D eigenvalue weighted by molar-refractivity contribution is 0.398. The first-order valence-electron chi connectivity index (χ1n) is 5.74. The molecule has 0 aliphatic rings. The number of alkyl halides is 3. The van der Waals surface area contributed by atoms with Crippen molar-refractivity contribution in [3.05, 3.63) is 57.6 Å². The van der Waals surface area contributed by atoms with Crippen molar-refractivity contribution in [1.29, 1.82) is 0 Å². The second kappa shape index (κ2) is 6.31. The molecule has 1 atom stereocenters. The summed E-state index contributed by atoms with van der Waals surface area (Å²) in [4.78, 5) is 0. The maximum Gasteiger partial charge on any atom is 0.201 e. The predicted molar refractivity (Wildman–Crippen MR) is 88.4 cm³/mol. The van der Waals surface area contributed by atoms with E-state index in [1.165, 1.54) is 12.1 Å². The minimum Gasteiger partial charge on any atom is -0.504 e. The van der Waals surface area contributed by atoms with Crippen LogP contribution in [-0.2, 0) is 0 Å². The number of hydrogen-bond donors (Lipinski definition) is 2. The molecule has 112 valence electrons. The van der Waals surface area contributed by atoms with Gasteiger partial charge >= 0.3 is 0 Å². The van der Waals surface area contributed by atoms with Crippen molar-refractivity contribution < 1.29 is 10.2 Å². The monoisotopic (exact) mass is 384 g/mol. The van der Waals surface area contributed by atoms with E-state index < -0.39 is 21.2 Å². The standard InChI is InChI=1S/C14H9Cl5O2/c15-8-3-1-7(2-4-8)11(14(17,18)19)9-5-6-10(16)13(21)12(9)20/h1-6,11,20-21H. The highest BCUT2D eigenvalue weighted by Gasteiger charge is 2.37. The minimum absolute atomic E-state index is 0.00965. The molecule has 0 fully saturated rings. The molecule has 2 rings (SSSR count). The van der Waals surface area contributed by atoms with E-state index in [-0.39, 0.29) is 10.6 Å². The van der Waals surface area contributed by atoms with Crippen LogP contribution in [0.5, 0.6) is 11.5 Å². The molecule has 0 bridgehead atoms. The highest BCUT2D eigenvalue weighted by Crippen LogP contribution is 2.50. The van der Waals surface area contributed by atoms with Crippen LogP contribution >= 0.6 is 58.0 Å². The van der Waals surface area contributed by atoms with E-state index in [0.717, 1.165) is 0 Å². The minimum atomic E-state index is -1.74. The number of halogens is 5. The van der Waals surface area contributed by atoms with E-state index in [2.05, 4.69) is 0 Å². The molecule has 2 N–H and O–H groups in total. The summed E-state index contributed by atoms with van der Waals surface area (Å²) in [5.74, 6) is -1.68. The van der Waals surface area contributed by atoms with Gasteiger partial charge in [0.25, 0.3) is 0 Å². The Morgan fingerprint density at radius 2 is 1.38 bits per heavy atom. The quantitative estimate of drug-likeness (QED) is 0.498. The van der Waals surface area contributed by atoms with Gasteiger partial charge in [0, 0.05) is 10.6 Å². The maximum atomic E-state index is 10.1. The Kier molecular flexibility index (Phi) is 5.07. The van der Waals surface area contributed by atoms with E-state index >= 15 is 0 Å². The van der Waals surface area contributed by atoms with Gasteiger partial charge in [-0.15, -0.1) is 0 Å². The molecule has 21 heavy (non-hydrogen) atoms. The van der Waals surface area contributed by atoms with Gasteiger partial charge in [-0.2, -0.15) is 0 Å². The van der Waals surface area contributed by atoms with Crippen molar-refractivity contribution in [3.63, 3.8) is 0 Å². The number of benzene rings is 2. The van der Waals surface area contributed by atoms with Crippen molar-refractivity contribution in [3.8, 4) is 11.5 Å². The predicted octanol–water partition coefficient (Wildman–Crippen LogP) is 5.91. The van der Waals surface area contributed by atoms with E-state index in [1.54, 1.807) is 24.3 Å². The molecule has 0 aliphatic heterocycles. The molecule has 0 amide bonds. The van der Waals surface area contributed by atoms with E-state index in [0.29, 0.717) is 10.6 Å². The molecule has 0 heterocycles. The van der Waals surface area contributed by atoms with Crippen molar-refractivity contribution in [2.24, 2.45) is 0 Å². The fourth-order valence-corrected chi connectivity index (χ4v) is 3.01. The van der Waals surface area contributed by atoms with Crippen molar-refractivity contribution >= 4 is 58.0 Å². The van der Waals surface area contributed by atoms with E-state index in [4.69, 9.17) is 58.0 Å². The summed E-state index contributed by atoms with van der Waals surface area (Å²) in [6, 6.07) is 9.57. The Labute approximate surface area is 146 Å². The van der Waals surface area contributed by atoms with E-state index in [9.17, 15) is 10.2 Å². The number of rotatable bonds is 2. The first kappa shape index (κ1) is 16.9. The topological polar surface area (TPSA) is 40.5 Å². The highest BCUT2D eigenvalue weighted by molar-refractivity contribution is 6.68. The van der Waals surface area contributed by atoms with Gasteiger partial charge in [0.2, 0.25) is 3.79 Å². The zero-order chi connectivity index (χ0) is 15.8. The molecule has 0 radical (unpaired) electrons. The van der Waals surface area contributed by atoms with Gasteiger partial charge in [0.1, 0.15) is 0 Å². The Balaban J connectivity index is 2.62. The Morgan fingerprint density at radius 1 is 0.810 bits per heavy atom. The molecule has 0 aromatic heterocycles. The van der Waals surface area contributed by atoms with Gasteiger partial charge in [0.05, 0.1) is 10.9 Å². The Bertz CT molecular complexity index is 650. The van der Waals surface area contributed by atoms with Crippen molar-refractivity contribution in [1.82, 2.24) is 0 Å². The van der Waals surface area contributed by atoms with Crippen LogP contribution in [0, 0.1) is 0 Å². The van der Waals surface area contributed by atoms with Crippen molar-refractivity contribution in [2.75, 3.05) is 0 Å². The molecular weight excluding hydrogens is 377 g/mol. The fourth-order valence-electron chi connectivity index (χ4n) is 2.00. The van der Waals surface area contributed by atoms with Gasteiger partial charge in [-0.05, 0) is 23.8 Å². The lowest BCUT2D eigenvalue weighted by atomic mass is 9.91. The molecule has 0 spiro atoms. The lowest BCUT2D eigenvalue weighted by Gasteiger charge is -2.26. The van der Waals surface area contributed by atoms with Crippen LogP contribution in [0.25, 0.3) is 0 Å². The zero-order valence-electron chi connectivity index (χ0n) is 10.3. The number of aromatic hydroxyl groups is 2. The average molecular weight is 386 g/mol. The smallest absolute Gasteiger partial charge is 0.201 e. The van der Waals surface area contributed by atoms with Gasteiger partial charge in [-0.25, -0.2) is 0 Å². The van der Waals surface area contributed by atoms with Crippen LogP contribution in [-0.4, -0.2) is 14.0 Å². The third-order valence-corrected chi connectivity index (χ3v) is 4.19. The molecule has 0 saturated heterocycles. The molecular formula is C14H9Cl5O2. The Morgan fingerprint density at radius 3 is 1.90 bits per heavy atom. The molecule has 2 aromatic carbocycles. The number of phenolic OH excluding ortho intramolecular Hbond substituents is 2. The fraction of sp³-hybridized carbons (Fsp3) is 0.143. The van der Waals surface area contributed by atoms with Crippen LogP contribution in [0.1, 0.15) is 17.0 Å². The van der Waals surface area contributed by atoms with E-state index in [1.807, 2.05) is 0 Å². The summed E-state index contributed by atoms with van der Waals surface area (Å²) in [6.07, 6.45) is 0. The van der Waals surface area contributed by atoms with Gasteiger partial charge < -0.3 is 10.2 Å². The van der Waals surface area contributed by atoms with Crippen LogP contribution < -0.4 is 0 Å². The normalized spacial score (nSPS) is 13.2. The average Bonchev–Trinajstić information content (AvgIpc) is 2.40. The third kappa shape index (κ3) is 3.64. The van der Waals surface area contributed by atoms with Crippen LogP contribution in [0.4, 0.5) is 0 Å². The van der Waals surface area contributed by atoms with Gasteiger partial charge in [0.15, 0.2) is 11.5 Å². The third-order valence-electron chi connectivity index (χ3n) is 2.97. The van der Waals surface area contributed by atoms with Gasteiger partial charge in [-0.1, -0.05) is 76.2 Å². The second-order valence-corrected chi connectivity index (χ2v) is 7.57. The van der Waals surface area contributed by atoms with Crippen molar-refractivity contribution in [2.45, 2.75) is 9.71 Å². The first-order valence-corrected chi connectivity index (χ1v) is 7.63. The highest BCUT2D eigenvalue weighted by atomic mass is 35.6. The molecule has 2 nitrogen and oxygen atoms in total. The van der Waals surface area contributed by atoms with Crippen LogP contribution in [0.15, 0.2) is 36.4 Å². The second-order valence-electron chi connectivity index (χ2n) is 4.36. The molecule has 2 aromatic rings. The zero-order valence-corrected chi connectivity index (χ0v) is 14.1. The SMILES string of the molecule is Oc1c(Cl)ccc(C(c2ccc(Cl)cc2)C(Cl)(Cl)Cl)c1O. The largest absolute Gasteiger partial charge is 0.504 e. The Hall–Kier alpha value is -0.510. The summed E-state index contributed by atoms with van der Waals surface area (Å²) >= 11 is 29.7. The summed E-state index contributed by atoms with van der Waals surface area (Å²) < 4.78 is -1.74. The summed E-state index contributed by atoms with van der Waals surface area (Å²) in [6.45, 7) is 0. The van der Waals surface area contributed by atoms with Crippen LogP contribution in [0.3, 0.4) is 0 Å². The summed E-state index contributed by atoms with van der Waals surface area (Å²) in [7, 11) is 0. The number of hydrogen-bond acceptors (Lipinski definition) is 2. The summed E-state index contributed by atoms with van der Waals surface area (Å²) in [5.41, 5.74) is 0.871. The number of phenols is 2. The molecule has 0 saturated carbocycles. The molecule has 0 aliphatic carbocycles. The maximum absolute atomic E-state index is 10.1. The molecule has 1 unspecified atom stereocenters. The van der Waals surface area contributed by atoms with Gasteiger partial charge in [-0.3, -0.25) is 0 Å². The lowest BCUT2D eigenvalue weighted by Crippen LogP contribution is -2.18. The van der Waals surface area contributed by atoms with Crippen LogP contribution in [0.2, 0.25) is 10.0 Å². The molecule has 7 heteroatoms.